The van der Waals surface area contributed by atoms with Crippen molar-refractivity contribution in [3.8, 4) is 5.69 Å². The number of imidazole rings is 1. The Morgan fingerprint density at radius 3 is 2.55 bits per heavy atom. The van der Waals surface area contributed by atoms with Gasteiger partial charge in [0.2, 0.25) is 0 Å². The van der Waals surface area contributed by atoms with Crippen LogP contribution in [0.4, 0.5) is 0 Å². The lowest BCUT2D eigenvalue weighted by atomic mass is 10.1. The number of pyridine rings is 1. The van der Waals surface area contributed by atoms with Crippen molar-refractivity contribution in [3.05, 3.63) is 53.5 Å². The van der Waals surface area contributed by atoms with Gasteiger partial charge < -0.3 is 0 Å². The molecule has 0 aliphatic rings. The fraction of sp³-hybridized carbons (Fsp3) is 0.250. The number of rotatable bonds is 3. The van der Waals surface area contributed by atoms with Crippen LogP contribution >= 0.6 is 11.6 Å². The molecule has 2 aromatic heterocycles. The Morgan fingerprint density at radius 1 is 1.15 bits per heavy atom. The van der Waals surface area contributed by atoms with Crippen LogP contribution in [0.15, 0.2) is 36.5 Å². The van der Waals surface area contributed by atoms with Gasteiger partial charge in [-0.3, -0.25) is 4.57 Å². The first-order chi connectivity index (χ1) is 9.74. The molecule has 0 N–H and O–H groups in total. The summed E-state index contributed by atoms with van der Waals surface area (Å²) in [5.74, 6) is 1.19. The average molecular weight is 286 g/mol. The Hall–Kier alpha value is -1.87. The molecule has 3 nitrogen and oxygen atoms in total. The van der Waals surface area contributed by atoms with E-state index in [1.165, 1.54) is 5.56 Å². The molecule has 0 radical (unpaired) electrons. The molecule has 0 bridgehead atoms. The molecular formula is C16H16ClN3. The number of halogens is 1. The number of nitrogens with zero attached hydrogens (tertiary/aromatic N) is 3. The number of benzene rings is 1. The summed E-state index contributed by atoms with van der Waals surface area (Å²) in [4.78, 5) is 9.09. The van der Waals surface area contributed by atoms with E-state index in [1.807, 2.05) is 23.8 Å². The van der Waals surface area contributed by atoms with Crippen molar-refractivity contribution in [2.24, 2.45) is 0 Å². The third-order valence-corrected chi connectivity index (χ3v) is 3.78. The zero-order valence-electron chi connectivity index (χ0n) is 11.6. The molecule has 20 heavy (non-hydrogen) atoms. The van der Waals surface area contributed by atoms with E-state index in [9.17, 15) is 0 Å². The van der Waals surface area contributed by atoms with Crippen LogP contribution in [0.5, 0.6) is 0 Å². The van der Waals surface area contributed by atoms with E-state index in [0.29, 0.717) is 5.88 Å². The Morgan fingerprint density at radius 2 is 1.90 bits per heavy atom. The van der Waals surface area contributed by atoms with Crippen molar-refractivity contribution in [2.45, 2.75) is 26.1 Å². The second-order valence-electron chi connectivity index (χ2n) is 4.82. The molecule has 0 amide bonds. The van der Waals surface area contributed by atoms with Crippen LogP contribution in [0.2, 0.25) is 0 Å². The highest BCUT2D eigenvalue weighted by Gasteiger charge is 2.14. The summed E-state index contributed by atoms with van der Waals surface area (Å²) < 4.78 is 2.04. The van der Waals surface area contributed by atoms with E-state index in [4.69, 9.17) is 11.6 Å². The molecule has 0 fully saturated rings. The molecule has 102 valence electrons. The molecule has 0 aliphatic carbocycles. The van der Waals surface area contributed by atoms with Crippen LogP contribution in [0, 0.1) is 6.92 Å². The van der Waals surface area contributed by atoms with Gasteiger partial charge in [-0.15, -0.1) is 11.6 Å². The van der Waals surface area contributed by atoms with Gasteiger partial charge in [0.05, 0.1) is 5.88 Å². The molecule has 3 aromatic rings. The number of hydrogen-bond acceptors (Lipinski definition) is 2. The Kier molecular flexibility index (Phi) is 3.45. The SMILES string of the molecule is CCc1ccc(-n2c(CCl)nc3c(C)ccnc32)cc1. The van der Waals surface area contributed by atoms with Gasteiger partial charge >= 0.3 is 0 Å². The third kappa shape index (κ3) is 2.08. The molecule has 0 spiro atoms. The second-order valence-corrected chi connectivity index (χ2v) is 5.08. The minimum Gasteiger partial charge on any atom is -0.280 e. The summed E-state index contributed by atoms with van der Waals surface area (Å²) in [6, 6.07) is 10.4. The molecular weight excluding hydrogens is 270 g/mol. The highest BCUT2D eigenvalue weighted by atomic mass is 35.5. The summed E-state index contributed by atoms with van der Waals surface area (Å²) in [5.41, 5.74) is 5.27. The first-order valence-electron chi connectivity index (χ1n) is 6.72. The van der Waals surface area contributed by atoms with Gasteiger partial charge in [-0.1, -0.05) is 19.1 Å². The van der Waals surface area contributed by atoms with Crippen LogP contribution in [-0.2, 0) is 12.3 Å². The number of aromatic nitrogens is 3. The number of alkyl halides is 1. The Bertz CT molecular complexity index is 744. The summed E-state index contributed by atoms with van der Waals surface area (Å²) in [5, 5.41) is 0. The predicted molar refractivity (Wildman–Crippen MR) is 82.5 cm³/mol. The molecule has 4 heteroatoms. The van der Waals surface area contributed by atoms with E-state index in [0.717, 1.165) is 34.7 Å². The molecule has 0 aliphatic heterocycles. The minimum absolute atomic E-state index is 0.366. The number of hydrogen-bond donors (Lipinski definition) is 0. The number of aryl methyl sites for hydroxylation is 2. The largest absolute Gasteiger partial charge is 0.280 e. The molecule has 3 rings (SSSR count). The predicted octanol–water partition coefficient (Wildman–Crippen LogP) is 4.03. The van der Waals surface area contributed by atoms with Gasteiger partial charge in [0.15, 0.2) is 5.65 Å². The molecule has 0 atom stereocenters. The van der Waals surface area contributed by atoms with E-state index in [1.54, 1.807) is 0 Å². The standard InChI is InChI=1S/C16H16ClN3/c1-3-12-4-6-13(7-5-12)20-14(10-17)19-15-11(2)8-9-18-16(15)20/h4-9H,3,10H2,1-2H3. The third-order valence-electron chi connectivity index (χ3n) is 3.54. The Balaban J connectivity index is 2.25. The smallest absolute Gasteiger partial charge is 0.164 e. The molecule has 0 saturated heterocycles. The zero-order valence-corrected chi connectivity index (χ0v) is 12.4. The quantitative estimate of drug-likeness (QED) is 0.680. The van der Waals surface area contributed by atoms with Crippen molar-refractivity contribution in [1.29, 1.82) is 0 Å². The van der Waals surface area contributed by atoms with E-state index in [-0.39, 0.29) is 0 Å². The van der Waals surface area contributed by atoms with Crippen molar-refractivity contribution >= 4 is 22.8 Å². The van der Waals surface area contributed by atoms with Gasteiger partial charge in [0.1, 0.15) is 11.3 Å². The lowest BCUT2D eigenvalue weighted by Gasteiger charge is -2.08. The van der Waals surface area contributed by atoms with Gasteiger partial charge in [-0.05, 0) is 42.7 Å². The number of fused-ring (bicyclic) bond motifs is 1. The van der Waals surface area contributed by atoms with Crippen molar-refractivity contribution < 1.29 is 0 Å². The zero-order chi connectivity index (χ0) is 14.1. The lowest BCUT2D eigenvalue weighted by molar-refractivity contribution is 0.967. The van der Waals surface area contributed by atoms with Gasteiger partial charge in [0, 0.05) is 11.9 Å². The monoisotopic (exact) mass is 285 g/mol. The van der Waals surface area contributed by atoms with Crippen LogP contribution in [0.25, 0.3) is 16.9 Å². The Labute approximate surface area is 123 Å². The fourth-order valence-corrected chi connectivity index (χ4v) is 2.56. The normalized spacial score (nSPS) is 11.2. The fourth-order valence-electron chi connectivity index (χ4n) is 2.38. The van der Waals surface area contributed by atoms with Crippen LogP contribution in [0.3, 0.4) is 0 Å². The summed E-state index contributed by atoms with van der Waals surface area (Å²) in [7, 11) is 0. The van der Waals surface area contributed by atoms with Crippen molar-refractivity contribution in [1.82, 2.24) is 14.5 Å². The molecule has 0 saturated carbocycles. The topological polar surface area (TPSA) is 30.7 Å². The first kappa shape index (κ1) is 13.1. The average Bonchev–Trinajstić information content (AvgIpc) is 2.87. The van der Waals surface area contributed by atoms with E-state index >= 15 is 0 Å². The van der Waals surface area contributed by atoms with E-state index < -0.39 is 0 Å². The minimum atomic E-state index is 0.366. The van der Waals surface area contributed by atoms with Crippen molar-refractivity contribution in [3.63, 3.8) is 0 Å². The molecule has 0 unspecified atom stereocenters. The highest BCUT2D eigenvalue weighted by molar-refractivity contribution is 6.17. The maximum Gasteiger partial charge on any atom is 0.164 e. The first-order valence-corrected chi connectivity index (χ1v) is 7.26. The van der Waals surface area contributed by atoms with Crippen molar-refractivity contribution in [2.75, 3.05) is 0 Å². The summed E-state index contributed by atoms with van der Waals surface area (Å²) in [6.45, 7) is 4.19. The van der Waals surface area contributed by atoms with Crippen LogP contribution in [-0.4, -0.2) is 14.5 Å². The van der Waals surface area contributed by atoms with E-state index in [2.05, 4.69) is 41.2 Å². The van der Waals surface area contributed by atoms with Crippen LogP contribution < -0.4 is 0 Å². The maximum atomic E-state index is 6.05. The van der Waals surface area contributed by atoms with Gasteiger partial charge in [0.25, 0.3) is 0 Å². The molecule has 2 heterocycles. The summed E-state index contributed by atoms with van der Waals surface area (Å²) in [6.07, 6.45) is 2.85. The van der Waals surface area contributed by atoms with Gasteiger partial charge in [-0.25, -0.2) is 9.97 Å². The van der Waals surface area contributed by atoms with Gasteiger partial charge in [-0.2, -0.15) is 0 Å². The lowest BCUT2D eigenvalue weighted by Crippen LogP contribution is -2.00. The van der Waals surface area contributed by atoms with Crippen LogP contribution in [0.1, 0.15) is 23.9 Å². The maximum absolute atomic E-state index is 6.05. The molecule has 1 aromatic carbocycles. The highest BCUT2D eigenvalue weighted by Crippen LogP contribution is 2.23. The summed E-state index contributed by atoms with van der Waals surface area (Å²) >= 11 is 6.05. The second kappa shape index (κ2) is 5.25.